The van der Waals surface area contributed by atoms with Gasteiger partial charge in [0.05, 0.1) is 29.6 Å². The predicted molar refractivity (Wildman–Crippen MR) is 120 cm³/mol. The van der Waals surface area contributed by atoms with Gasteiger partial charge in [-0.05, 0) is 30.2 Å². The van der Waals surface area contributed by atoms with Crippen molar-refractivity contribution >= 4 is 23.5 Å². The van der Waals surface area contributed by atoms with E-state index in [1.807, 2.05) is 44.2 Å². The van der Waals surface area contributed by atoms with Crippen molar-refractivity contribution in [3.05, 3.63) is 78.1 Å². The fourth-order valence-electron chi connectivity index (χ4n) is 2.91. The Bertz CT molecular complexity index is 1080. The molecule has 0 spiro atoms. The first-order chi connectivity index (χ1) is 15.4. The number of anilines is 1. The molecule has 32 heavy (non-hydrogen) atoms. The molecule has 2 amide bonds. The van der Waals surface area contributed by atoms with E-state index in [1.165, 1.54) is 0 Å². The molecule has 0 saturated heterocycles. The van der Waals surface area contributed by atoms with Gasteiger partial charge in [-0.1, -0.05) is 44.2 Å². The van der Waals surface area contributed by atoms with Gasteiger partial charge in [-0.15, -0.1) is 0 Å². The van der Waals surface area contributed by atoms with Gasteiger partial charge in [-0.25, -0.2) is 4.68 Å². The fourth-order valence-corrected chi connectivity index (χ4v) is 2.91. The van der Waals surface area contributed by atoms with Gasteiger partial charge in [0.25, 0.3) is 11.8 Å². The molecule has 0 bridgehead atoms. The minimum absolute atomic E-state index is 0.00565. The highest BCUT2D eigenvalue weighted by Gasteiger charge is 2.15. The van der Waals surface area contributed by atoms with Crippen molar-refractivity contribution in [1.82, 2.24) is 15.1 Å². The van der Waals surface area contributed by atoms with Crippen molar-refractivity contribution in [3.63, 3.8) is 0 Å². The molecule has 3 rings (SSSR count). The highest BCUT2D eigenvalue weighted by atomic mass is 16.5. The van der Waals surface area contributed by atoms with E-state index >= 15 is 0 Å². The molecule has 0 aliphatic carbocycles. The molecule has 0 unspecified atom stereocenters. The molecule has 2 aromatic carbocycles. The van der Waals surface area contributed by atoms with Crippen molar-refractivity contribution in [3.8, 4) is 5.69 Å². The summed E-state index contributed by atoms with van der Waals surface area (Å²) in [4.78, 5) is 36.8. The van der Waals surface area contributed by atoms with E-state index in [4.69, 9.17) is 4.74 Å². The minimum atomic E-state index is -0.546. The summed E-state index contributed by atoms with van der Waals surface area (Å²) in [6, 6.07) is 16.2. The average molecular weight is 434 g/mol. The summed E-state index contributed by atoms with van der Waals surface area (Å²) in [6.45, 7) is 4.07. The zero-order chi connectivity index (χ0) is 22.9. The van der Waals surface area contributed by atoms with Crippen LogP contribution in [0.4, 0.5) is 5.69 Å². The number of benzene rings is 2. The number of hydrogen-bond acceptors (Lipinski definition) is 5. The normalized spacial score (nSPS) is 10.6. The quantitative estimate of drug-likeness (QED) is 0.504. The van der Waals surface area contributed by atoms with Crippen LogP contribution in [0.25, 0.3) is 5.69 Å². The van der Waals surface area contributed by atoms with Crippen LogP contribution in [0.3, 0.4) is 0 Å². The molecular formula is C24H26N4O4. The number of carbonyl (C=O) groups is 3. The standard InChI is InChI=1S/C24H26N4O4/c1-17(2)13-25-24(31)20-10-6-7-11-21(20)27-22(29)16-32-23(30)12-18-14-26-28(15-18)19-8-4-3-5-9-19/h3-11,14-15,17H,12-13,16H2,1-2H3,(H,25,31)(H,27,29). The largest absolute Gasteiger partial charge is 0.455 e. The number of para-hydroxylation sites is 2. The predicted octanol–water partition coefficient (Wildman–Crippen LogP) is 2.98. The maximum atomic E-state index is 12.4. The van der Waals surface area contributed by atoms with E-state index < -0.39 is 18.5 Å². The summed E-state index contributed by atoms with van der Waals surface area (Å²) in [5.41, 5.74) is 2.26. The molecule has 8 heteroatoms. The van der Waals surface area contributed by atoms with Crippen LogP contribution in [0.2, 0.25) is 0 Å². The van der Waals surface area contributed by atoms with Crippen LogP contribution in [0, 0.1) is 5.92 Å². The van der Waals surface area contributed by atoms with Gasteiger partial charge in [0.15, 0.2) is 6.61 Å². The van der Waals surface area contributed by atoms with Gasteiger partial charge in [-0.3, -0.25) is 14.4 Å². The van der Waals surface area contributed by atoms with Crippen LogP contribution in [0.15, 0.2) is 67.0 Å². The highest BCUT2D eigenvalue weighted by molar-refractivity contribution is 6.04. The van der Waals surface area contributed by atoms with E-state index in [0.717, 1.165) is 5.69 Å². The van der Waals surface area contributed by atoms with Crippen molar-refractivity contribution in [2.75, 3.05) is 18.5 Å². The fraction of sp³-hybridized carbons (Fsp3) is 0.250. The molecule has 3 aromatic rings. The van der Waals surface area contributed by atoms with Crippen molar-refractivity contribution in [2.24, 2.45) is 5.92 Å². The van der Waals surface area contributed by atoms with Crippen LogP contribution in [-0.2, 0) is 20.7 Å². The second kappa shape index (κ2) is 10.9. The van der Waals surface area contributed by atoms with Crippen LogP contribution >= 0.6 is 0 Å². The number of esters is 1. The van der Waals surface area contributed by atoms with Gasteiger partial charge in [-0.2, -0.15) is 5.10 Å². The van der Waals surface area contributed by atoms with Crippen molar-refractivity contribution in [1.29, 1.82) is 0 Å². The number of amides is 2. The molecule has 1 heterocycles. The van der Waals surface area contributed by atoms with E-state index in [0.29, 0.717) is 29.3 Å². The summed E-state index contributed by atoms with van der Waals surface area (Å²) in [6.07, 6.45) is 3.32. The lowest BCUT2D eigenvalue weighted by Crippen LogP contribution is -2.29. The third kappa shape index (κ3) is 6.53. The second-order valence-corrected chi connectivity index (χ2v) is 7.66. The molecule has 0 saturated carbocycles. The Morgan fingerprint density at radius 3 is 2.50 bits per heavy atom. The molecule has 1 aromatic heterocycles. The summed E-state index contributed by atoms with van der Waals surface area (Å²) in [5, 5.41) is 9.68. The van der Waals surface area contributed by atoms with E-state index in [1.54, 1.807) is 41.3 Å². The summed E-state index contributed by atoms with van der Waals surface area (Å²) in [5.74, 6) is -1.04. The Morgan fingerprint density at radius 1 is 1.03 bits per heavy atom. The molecular weight excluding hydrogens is 408 g/mol. The first-order valence-corrected chi connectivity index (χ1v) is 10.3. The van der Waals surface area contributed by atoms with Crippen LogP contribution in [0.1, 0.15) is 29.8 Å². The number of ether oxygens (including phenoxy) is 1. The molecule has 8 nitrogen and oxygen atoms in total. The maximum absolute atomic E-state index is 12.4. The lowest BCUT2D eigenvalue weighted by atomic mass is 10.1. The number of nitrogens with one attached hydrogen (secondary N) is 2. The van der Waals surface area contributed by atoms with Gasteiger partial charge in [0.1, 0.15) is 0 Å². The van der Waals surface area contributed by atoms with Crippen molar-refractivity contribution < 1.29 is 19.1 Å². The molecule has 166 valence electrons. The topological polar surface area (TPSA) is 102 Å². The lowest BCUT2D eigenvalue weighted by Gasteiger charge is -2.12. The highest BCUT2D eigenvalue weighted by Crippen LogP contribution is 2.15. The summed E-state index contributed by atoms with van der Waals surface area (Å²) >= 11 is 0. The maximum Gasteiger partial charge on any atom is 0.310 e. The number of rotatable bonds is 9. The number of hydrogen-bond donors (Lipinski definition) is 2. The minimum Gasteiger partial charge on any atom is -0.455 e. The Kier molecular flexibility index (Phi) is 7.75. The SMILES string of the molecule is CC(C)CNC(=O)c1ccccc1NC(=O)COC(=O)Cc1cnn(-c2ccccc2)c1. The molecule has 2 N–H and O–H groups in total. The monoisotopic (exact) mass is 434 g/mol. The first-order valence-electron chi connectivity index (χ1n) is 10.3. The molecule has 0 atom stereocenters. The molecule has 0 aliphatic rings. The van der Waals surface area contributed by atoms with Crippen molar-refractivity contribution in [2.45, 2.75) is 20.3 Å². The third-order valence-corrected chi connectivity index (χ3v) is 4.49. The lowest BCUT2D eigenvalue weighted by molar-refractivity contribution is -0.146. The summed E-state index contributed by atoms with van der Waals surface area (Å²) < 4.78 is 6.75. The number of aromatic nitrogens is 2. The van der Waals surface area contributed by atoms with E-state index in [2.05, 4.69) is 15.7 Å². The average Bonchev–Trinajstić information content (AvgIpc) is 3.25. The third-order valence-electron chi connectivity index (χ3n) is 4.49. The molecule has 0 radical (unpaired) electrons. The Labute approximate surface area is 186 Å². The second-order valence-electron chi connectivity index (χ2n) is 7.66. The molecule has 0 aliphatic heterocycles. The van der Waals surface area contributed by atoms with Gasteiger partial charge in [0, 0.05) is 18.3 Å². The van der Waals surface area contributed by atoms with Gasteiger partial charge >= 0.3 is 5.97 Å². The number of nitrogens with zero attached hydrogens (tertiary/aromatic N) is 2. The Morgan fingerprint density at radius 2 is 1.75 bits per heavy atom. The van der Waals surface area contributed by atoms with Gasteiger partial charge in [0.2, 0.25) is 0 Å². The molecule has 0 fully saturated rings. The van der Waals surface area contributed by atoms with Crippen LogP contribution in [0.5, 0.6) is 0 Å². The Hall–Kier alpha value is -3.94. The van der Waals surface area contributed by atoms with Crippen LogP contribution in [-0.4, -0.2) is 40.7 Å². The Balaban J connectivity index is 1.51. The number of carbonyl (C=O) groups excluding carboxylic acids is 3. The first kappa shape index (κ1) is 22.7. The van der Waals surface area contributed by atoms with Crippen LogP contribution < -0.4 is 10.6 Å². The smallest absolute Gasteiger partial charge is 0.310 e. The zero-order valence-corrected chi connectivity index (χ0v) is 18.1. The van der Waals surface area contributed by atoms with E-state index in [-0.39, 0.29) is 12.3 Å². The van der Waals surface area contributed by atoms with Gasteiger partial charge < -0.3 is 15.4 Å². The summed E-state index contributed by atoms with van der Waals surface area (Å²) in [7, 11) is 0. The van der Waals surface area contributed by atoms with E-state index in [9.17, 15) is 14.4 Å². The zero-order valence-electron chi connectivity index (χ0n) is 18.1.